The van der Waals surface area contributed by atoms with Gasteiger partial charge in [0.2, 0.25) is 0 Å². The molecule has 7 aromatic carbocycles. The van der Waals surface area contributed by atoms with Crippen LogP contribution < -0.4 is 0 Å². The lowest BCUT2D eigenvalue weighted by atomic mass is 9.95. The zero-order valence-electron chi connectivity index (χ0n) is 23.5. The van der Waals surface area contributed by atoms with Gasteiger partial charge in [-0.05, 0) is 51.9 Å². The molecule has 0 atom stereocenters. The molecule has 0 bridgehead atoms. The standard InChI is InChI=1S/C40H23N3O/c1-3-11-24(12-4-1)37-39-38(42-40(41-37)25-13-5-2-6-14-25)31-23-26(21-22-34(31)44-39)43-32-19-9-17-29-27-15-7-8-16-28(27)30-18-10-20-33(43)36(30)35(29)32/h1-23H. The van der Waals surface area contributed by atoms with Gasteiger partial charge in [-0.15, -0.1) is 0 Å². The van der Waals surface area contributed by atoms with Crippen molar-refractivity contribution >= 4 is 65.4 Å². The van der Waals surface area contributed by atoms with E-state index in [1.165, 1.54) is 43.4 Å². The minimum absolute atomic E-state index is 0.680. The quantitative estimate of drug-likeness (QED) is 0.202. The average Bonchev–Trinajstić information content (AvgIpc) is 3.64. The molecule has 10 rings (SSSR count). The Morgan fingerprint density at radius 1 is 0.477 bits per heavy atom. The third kappa shape index (κ3) is 3.17. The molecule has 4 heteroatoms. The van der Waals surface area contributed by atoms with Crippen molar-refractivity contribution in [3.63, 3.8) is 0 Å². The summed E-state index contributed by atoms with van der Waals surface area (Å²) in [6, 6.07) is 48.9. The fourth-order valence-electron chi connectivity index (χ4n) is 7.07. The smallest absolute Gasteiger partial charge is 0.180 e. The summed E-state index contributed by atoms with van der Waals surface area (Å²) < 4.78 is 8.92. The van der Waals surface area contributed by atoms with Gasteiger partial charge in [-0.3, -0.25) is 0 Å². The van der Waals surface area contributed by atoms with Crippen LogP contribution in [0.3, 0.4) is 0 Å². The summed E-state index contributed by atoms with van der Waals surface area (Å²) >= 11 is 0. The van der Waals surface area contributed by atoms with Gasteiger partial charge in [0.05, 0.1) is 11.0 Å². The zero-order valence-corrected chi connectivity index (χ0v) is 23.5. The summed E-state index contributed by atoms with van der Waals surface area (Å²) in [5, 5.41) is 8.69. The second-order valence-electron chi connectivity index (χ2n) is 11.4. The van der Waals surface area contributed by atoms with Gasteiger partial charge in [0.15, 0.2) is 11.4 Å². The minimum atomic E-state index is 0.680. The Labute approximate surface area is 251 Å². The van der Waals surface area contributed by atoms with Crippen molar-refractivity contribution in [1.82, 2.24) is 14.5 Å². The number of fused-ring (bicyclic) bond motifs is 6. The van der Waals surface area contributed by atoms with Gasteiger partial charge in [0.25, 0.3) is 0 Å². The van der Waals surface area contributed by atoms with Crippen LogP contribution >= 0.6 is 0 Å². The van der Waals surface area contributed by atoms with Crippen molar-refractivity contribution < 1.29 is 4.42 Å². The second kappa shape index (κ2) is 8.76. The van der Waals surface area contributed by atoms with Crippen molar-refractivity contribution in [2.45, 2.75) is 0 Å². The molecule has 0 radical (unpaired) electrons. The number of furan rings is 1. The number of aromatic nitrogens is 3. The van der Waals surface area contributed by atoms with E-state index in [4.69, 9.17) is 14.4 Å². The molecule has 0 aliphatic heterocycles. The summed E-state index contributed by atoms with van der Waals surface area (Å²) in [5.41, 5.74) is 8.51. The Morgan fingerprint density at radius 2 is 1.07 bits per heavy atom. The maximum absolute atomic E-state index is 6.53. The van der Waals surface area contributed by atoms with Crippen molar-refractivity contribution in [2.75, 3.05) is 0 Å². The molecule has 0 spiro atoms. The molecule has 3 heterocycles. The Morgan fingerprint density at radius 3 is 1.73 bits per heavy atom. The van der Waals surface area contributed by atoms with E-state index in [0.717, 1.165) is 39.0 Å². The highest BCUT2D eigenvalue weighted by molar-refractivity contribution is 6.34. The number of nitrogens with zero attached hydrogens (tertiary/aromatic N) is 3. The van der Waals surface area contributed by atoms with E-state index in [0.29, 0.717) is 11.4 Å². The van der Waals surface area contributed by atoms with Crippen molar-refractivity contribution in [3.05, 3.63) is 140 Å². The fraction of sp³-hybridized carbons (Fsp3) is 0. The fourth-order valence-corrected chi connectivity index (χ4v) is 7.07. The highest BCUT2D eigenvalue weighted by Gasteiger charge is 2.22. The molecule has 44 heavy (non-hydrogen) atoms. The van der Waals surface area contributed by atoms with Crippen LogP contribution in [0.15, 0.2) is 144 Å². The lowest BCUT2D eigenvalue weighted by Crippen LogP contribution is -1.94. The maximum atomic E-state index is 6.53. The van der Waals surface area contributed by atoms with Crippen LogP contribution in [-0.4, -0.2) is 14.5 Å². The molecule has 0 aliphatic rings. The normalized spacial score (nSPS) is 12.1. The zero-order chi connectivity index (χ0) is 28.8. The molecule has 10 aromatic rings. The minimum Gasteiger partial charge on any atom is -0.452 e. The van der Waals surface area contributed by atoms with Gasteiger partial charge in [-0.25, -0.2) is 9.97 Å². The Kier molecular flexibility index (Phi) is 4.69. The van der Waals surface area contributed by atoms with E-state index in [1.54, 1.807) is 0 Å². The monoisotopic (exact) mass is 561 g/mol. The number of hydrogen-bond acceptors (Lipinski definition) is 3. The van der Waals surface area contributed by atoms with Crippen molar-refractivity contribution in [3.8, 4) is 28.3 Å². The number of rotatable bonds is 3. The maximum Gasteiger partial charge on any atom is 0.180 e. The van der Waals surface area contributed by atoms with Crippen LogP contribution in [0.4, 0.5) is 0 Å². The lowest BCUT2D eigenvalue weighted by Gasteiger charge is -2.08. The summed E-state index contributed by atoms with van der Waals surface area (Å²) in [6.07, 6.45) is 0. The third-order valence-corrected chi connectivity index (χ3v) is 8.96. The van der Waals surface area contributed by atoms with Crippen LogP contribution in [0.25, 0.3) is 93.8 Å². The van der Waals surface area contributed by atoms with Crippen LogP contribution in [0.5, 0.6) is 0 Å². The number of benzene rings is 7. The van der Waals surface area contributed by atoms with E-state index in [2.05, 4.69) is 108 Å². The molecule has 0 saturated heterocycles. The van der Waals surface area contributed by atoms with Gasteiger partial charge < -0.3 is 8.98 Å². The van der Waals surface area contributed by atoms with E-state index < -0.39 is 0 Å². The van der Waals surface area contributed by atoms with Crippen LogP contribution in [-0.2, 0) is 0 Å². The predicted molar refractivity (Wildman–Crippen MR) is 181 cm³/mol. The summed E-state index contributed by atoms with van der Waals surface area (Å²) in [6.45, 7) is 0. The molecule has 204 valence electrons. The highest BCUT2D eigenvalue weighted by Crippen LogP contribution is 2.44. The molecule has 4 nitrogen and oxygen atoms in total. The van der Waals surface area contributed by atoms with Gasteiger partial charge in [0, 0.05) is 33.0 Å². The molecule has 3 aromatic heterocycles. The Bertz CT molecular complexity index is 2620. The average molecular weight is 562 g/mol. The largest absolute Gasteiger partial charge is 0.452 e. The first-order valence-electron chi connectivity index (χ1n) is 14.8. The van der Waals surface area contributed by atoms with Crippen molar-refractivity contribution in [2.24, 2.45) is 0 Å². The molecule has 0 saturated carbocycles. The van der Waals surface area contributed by atoms with Gasteiger partial charge in [-0.2, -0.15) is 0 Å². The van der Waals surface area contributed by atoms with E-state index in [1.807, 2.05) is 36.4 Å². The van der Waals surface area contributed by atoms with E-state index >= 15 is 0 Å². The molecule has 0 N–H and O–H groups in total. The van der Waals surface area contributed by atoms with Crippen LogP contribution in [0.1, 0.15) is 0 Å². The Hall–Kier alpha value is -6.00. The Balaban J connectivity index is 1.30. The SMILES string of the molecule is c1ccc(-c2nc(-c3ccccc3)c3oc4ccc(-n5c6cccc7c8ccccc8c8cccc5c8c76)cc4c3n2)cc1. The van der Waals surface area contributed by atoms with Crippen LogP contribution in [0, 0.1) is 0 Å². The first kappa shape index (κ1) is 23.6. The molecule has 0 amide bonds. The van der Waals surface area contributed by atoms with E-state index in [-0.39, 0.29) is 0 Å². The molecular weight excluding hydrogens is 538 g/mol. The van der Waals surface area contributed by atoms with Crippen molar-refractivity contribution in [1.29, 1.82) is 0 Å². The summed E-state index contributed by atoms with van der Waals surface area (Å²) in [5.74, 6) is 0.680. The predicted octanol–water partition coefficient (Wildman–Crippen LogP) is 10.6. The molecular formula is C40H23N3O. The van der Waals surface area contributed by atoms with E-state index in [9.17, 15) is 0 Å². The lowest BCUT2D eigenvalue weighted by molar-refractivity contribution is 0.667. The highest BCUT2D eigenvalue weighted by atomic mass is 16.3. The van der Waals surface area contributed by atoms with Gasteiger partial charge in [0.1, 0.15) is 16.8 Å². The summed E-state index contributed by atoms with van der Waals surface area (Å²) in [4.78, 5) is 10.1. The van der Waals surface area contributed by atoms with Crippen LogP contribution in [0.2, 0.25) is 0 Å². The first-order valence-corrected chi connectivity index (χ1v) is 14.8. The third-order valence-electron chi connectivity index (χ3n) is 8.96. The molecule has 0 fully saturated rings. The first-order chi connectivity index (χ1) is 21.8. The molecule has 0 unspecified atom stereocenters. The summed E-state index contributed by atoms with van der Waals surface area (Å²) in [7, 11) is 0. The van der Waals surface area contributed by atoms with Gasteiger partial charge in [-0.1, -0.05) is 109 Å². The molecule has 0 aliphatic carbocycles. The topological polar surface area (TPSA) is 43.9 Å². The number of hydrogen-bond donors (Lipinski definition) is 0. The second-order valence-corrected chi connectivity index (χ2v) is 11.4. The van der Waals surface area contributed by atoms with Gasteiger partial charge >= 0.3 is 0 Å².